The average Bonchev–Trinajstić information content (AvgIpc) is 2.41. The van der Waals surface area contributed by atoms with E-state index in [2.05, 4.69) is 21.2 Å². The number of nitrogens with two attached hydrogens (primary N) is 1. The SMILES string of the molecule is Cc1ccc(C(=O)Nc2cc(Br)ccc2N(C)C)cc1N. The Kier molecular flexibility index (Phi) is 4.53. The molecule has 1 amide bonds. The maximum Gasteiger partial charge on any atom is 0.255 e. The topological polar surface area (TPSA) is 58.4 Å². The number of nitrogens with one attached hydrogen (secondary N) is 1. The summed E-state index contributed by atoms with van der Waals surface area (Å²) < 4.78 is 0.909. The molecule has 0 atom stereocenters. The monoisotopic (exact) mass is 347 g/mol. The zero-order valence-corrected chi connectivity index (χ0v) is 13.9. The van der Waals surface area contributed by atoms with E-state index in [9.17, 15) is 4.79 Å². The van der Waals surface area contributed by atoms with Crippen molar-refractivity contribution < 1.29 is 4.79 Å². The van der Waals surface area contributed by atoms with E-state index in [1.807, 2.05) is 50.2 Å². The summed E-state index contributed by atoms with van der Waals surface area (Å²) in [7, 11) is 3.87. The second-order valence-corrected chi connectivity index (χ2v) is 6.00. The lowest BCUT2D eigenvalue weighted by Crippen LogP contribution is -2.17. The van der Waals surface area contributed by atoms with Gasteiger partial charge in [0.1, 0.15) is 0 Å². The van der Waals surface area contributed by atoms with E-state index in [0.717, 1.165) is 21.4 Å². The number of carbonyl (C=O) groups excluding carboxylic acids is 1. The molecule has 0 bridgehead atoms. The molecule has 0 aromatic heterocycles. The quantitative estimate of drug-likeness (QED) is 0.833. The van der Waals surface area contributed by atoms with Crippen LogP contribution in [0.3, 0.4) is 0 Å². The molecular weight excluding hydrogens is 330 g/mol. The number of benzene rings is 2. The Morgan fingerprint density at radius 2 is 1.90 bits per heavy atom. The molecule has 0 radical (unpaired) electrons. The Hall–Kier alpha value is -2.01. The summed E-state index contributed by atoms with van der Waals surface area (Å²) in [6.07, 6.45) is 0. The van der Waals surface area contributed by atoms with E-state index in [0.29, 0.717) is 11.3 Å². The van der Waals surface area contributed by atoms with Crippen LogP contribution in [-0.4, -0.2) is 20.0 Å². The van der Waals surface area contributed by atoms with Gasteiger partial charge in [0.15, 0.2) is 0 Å². The molecule has 0 unspecified atom stereocenters. The van der Waals surface area contributed by atoms with Crippen LogP contribution in [0.5, 0.6) is 0 Å². The van der Waals surface area contributed by atoms with Crippen molar-refractivity contribution in [2.45, 2.75) is 6.92 Å². The summed E-state index contributed by atoms with van der Waals surface area (Å²) >= 11 is 3.42. The lowest BCUT2D eigenvalue weighted by atomic mass is 10.1. The van der Waals surface area contributed by atoms with Gasteiger partial charge in [-0.2, -0.15) is 0 Å². The summed E-state index contributed by atoms with van der Waals surface area (Å²) in [5, 5.41) is 2.93. The molecule has 0 saturated carbocycles. The molecule has 0 heterocycles. The number of hydrogen-bond acceptors (Lipinski definition) is 3. The second-order valence-electron chi connectivity index (χ2n) is 5.08. The lowest BCUT2D eigenvalue weighted by Gasteiger charge is -2.18. The normalized spacial score (nSPS) is 10.3. The summed E-state index contributed by atoms with van der Waals surface area (Å²) in [5.41, 5.74) is 9.66. The van der Waals surface area contributed by atoms with Gasteiger partial charge in [-0.25, -0.2) is 0 Å². The van der Waals surface area contributed by atoms with Gasteiger partial charge in [0.25, 0.3) is 5.91 Å². The molecule has 2 aromatic rings. The van der Waals surface area contributed by atoms with Crippen molar-refractivity contribution in [1.29, 1.82) is 0 Å². The predicted octanol–water partition coefficient (Wildman–Crippen LogP) is 3.66. The highest BCUT2D eigenvalue weighted by Crippen LogP contribution is 2.28. The molecular formula is C16H18BrN3O. The van der Waals surface area contributed by atoms with Crippen LogP contribution in [0.4, 0.5) is 17.1 Å². The van der Waals surface area contributed by atoms with Crippen molar-refractivity contribution in [3.63, 3.8) is 0 Å². The molecule has 0 aliphatic carbocycles. The van der Waals surface area contributed by atoms with Crippen LogP contribution in [-0.2, 0) is 0 Å². The first-order chi connectivity index (χ1) is 9.88. The van der Waals surface area contributed by atoms with E-state index in [-0.39, 0.29) is 5.91 Å². The molecule has 0 aliphatic heterocycles. The first-order valence-electron chi connectivity index (χ1n) is 6.53. The van der Waals surface area contributed by atoms with Crippen molar-refractivity contribution in [3.8, 4) is 0 Å². The zero-order chi connectivity index (χ0) is 15.6. The van der Waals surface area contributed by atoms with Gasteiger partial charge in [-0.05, 0) is 42.8 Å². The van der Waals surface area contributed by atoms with Crippen molar-refractivity contribution >= 4 is 38.9 Å². The minimum atomic E-state index is -0.178. The number of rotatable bonds is 3. The van der Waals surface area contributed by atoms with E-state index in [1.165, 1.54) is 0 Å². The number of hydrogen-bond donors (Lipinski definition) is 2. The van der Waals surface area contributed by atoms with Crippen molar-refractivity contribution in [3.05, 3.63) is 52.0 Å². The number of nitrogens with zero attached hydrogens (tertiary/aromatic N) is 1. The van der Waals surface area contributed by atoms with Gasteiger partial charge < -0.3 is 16.0 Å². The molecule has 2 aromatic carbocycles. The van der Waals surface area contributed by atoms with Crippen molar-refractivity contribution in [1.82, 2.24) is 0 Å². The molecule has 0 aliphatic rings. The fourth-order valence-electron chi connectivity index (χ4n) is 1.97. The Labute approximate surface area is 133 Å². The van der Waals surface area contributed by atoms with Crippen LogP contribution in [0, 0.1) is 6.92 Å². The third-order valence-corrected chi connectivity index (χ3v) is 3.72. The smallest absolute Gasteiger partial charge is 0.255 e. The molecule has 0 spiro atoms. The summed E-state index contributed by atoms with van der Waals surface area (Å²) in [5.74, 6) is -0.178. The largest absolute Gasteiger partial charge is 0.398 e. The van der Waals surface area contributed by atoms with Crippen LogP contribution < -0.4 is 16.0 Å². The van der Waals surface area contributed by atoms with Crippen LogP contribution in [0.1, 0.15) is 15.9 Å². The zero-order valence-electron chi connectivity index (χ0n) is 12.3. The van der Waals surface area contributed by atoms with Gasteiger partial charge in [-0.15, -0.1) is 0 Å². The van der Waals surface area contributed by atoms with Crippen LogP contribution in [0.15, 0.2) is 40.9 Å². The van der Waals surface area contributed by atoms with Gasteiger partial charge >= 0.3 is 0 Å². The second kappa shape index (κ2) is 6.18. The number of amides is 1. The number of anilines is 3. The van der Waals surface area contributed by atoms with E-state index < -0.39 is 0 Å². The molecule has 0 fully saturated rings. The highest BCUT2D eigenvalue weighted by molar-refractivity contribution is 9.10. The van der Waals surface area contributed by atoms with E-state index in [4.69, 9.17) is 5.73 Å². The van der Waals surface area contributed by atoms with Gasteiger partial charge in [0.05, 0.1) is 11.4 Å². The van der Waals surface area contributed by atoms with Crippen molar-refractivity contribution in [2.75, 3.05) is 30.0 Å². The third-order valence-electron chi connectivity index (χ3n) is 3.23. The summed E-state index contributed by atoms with van der Waals surface area (Å²) in [6.45, 7) is 1.91. The van der Waals surface area contributed by atoms with E-state index >= 15 is 0 Å². The molecule has 0 saturated heterocycles. The fraction of sp³-hybridized carbons (Fsp3) is 0.188. The maximum atomic E-state index is 12.4. The molecule has 21 heavy (non-hydrogen) atoms. The number of nitrogen functional groups attached to an aromatic ring is 1. The first-order valence-corrected chi connectivity index (χ1v) is 7.32. The van der Waals surface area contributed by atoms with Crippen LogP contribution in [0.25, 0.3) is 0 Å². The minimum absolute atomic E-state index is 0.178. The Morgan fingerprint density at radius 3 is 2.52 bits per heavy atom. The van der Waals surface area contributed by atoms with Crippen LogP contribution in [0.2, 0.25) is 0 Å². The van der Waals surface area contributed by atoms with Gasteiger partial charge in [0.2, 0.25) is 0 Å². The van der Waals surface area contributed by atoms with Gasteiger partial charge in [-0.1, -0.05) is 22.0 Å². The highest BCUT2D eigenvalue weighted by Gasteiger charge is 2.11. The van der Waals surface area contributed by atoms with Crippen LogP contribution >= 0.6 is 15.9 Å². The lowest BCUT2D eigenvalue weighted by molar-refractivity contribution is 0.102. The first kappa shape index (κ1) is 15.4. The molecule has 3 N–H and O–H groups in total. The van der Waals surface area contributed by atoms with E-state index in [1.54, 1.807) is 12.1 Å². The summed E-state index contributed by atoms with van der Waals surface area (Å²) in [4.78, 5) is 14.3. The minimum Gasteiger partial charge on any atom is -0.398 e. The standard InChI is InChI=1S/C16H18BrN3O/c1-10-4-5-11(8-13(10)18)16(21)19-14-9-12(17)6-7-15(14)20(2)3/h4-9H,18H2,1-3H3,(H,19,21). The number of aryl methyl sites for hydroxylation is 1. The highest BCUT2D eigenvalue weighted by atomic mass is 79.9. The maximum absolute atomic E-state index is 12.4. The molecule has 5 heteroatoms. The number of halogens is 1. The van der Waals surface area contributed by atoms with Gasteiger partial charge in [0, 0.05) is 29.8 Å². The fourth-order valence-corrected chi connectivity index (χ4v) is 2.34. The average molecular weight is 348 g/mol. The van der Waals surface area contributed by atoms with Gasteiger partial charge in [-0.3, -0.25) is 4.79 Å². The Bertz CT molecular complexity index is 683. The molecule has 110 valence electrons. The van der Waals surface area contributed by atoms with Crippen molar-refractivity contribution in [2.24, 2.45) is 0 Å². The Morgan fingerprint density at radius 1 is 1.19 bits per heavy atom. The summed E-state index contributed by atoms with van der Waals surface area (Å²) in [6, 6.07) is 11.1. The predicted molar refractivity (Wildman–Crippen MR) is 92.0 cm³/mol. The molecule has 2 rings (SSSR count). The molecule has 4 nitrogen and oxygen atoms in total. The third kappa shape index (κ3) is 3.55. The Balaban J connectivity index is 2.30. The number of carbonyl (C=O) groups is 1.